The van der Waals surface area contributed by atoms with Crippen molar-refractivity contribution >= 4 is 30.3 Å². The van der Waals surface area contributed by atoms with E-state index in [-0.39, 0.29) is 18.2 Å². The second-order valence-corrected chi connectivity index (χ2v) is 5.66. The van der Waals surface area contributed by atoms with Gasteiger partial charge in [-0.1, -0.05) is 60.7 Å². The molecule has 1 aliphatic rings. The van der Waals surface area contributed by atoms with E-state index in [2.05, 4.69) is 4.90 Å². The summed E-state index contributed by atoms with van der Waals surface area (Å²) < 4.78 is 0. The minimum Gasteiger partial charge on any atom is -0.298 e. The molecule has 23 heavy (non-hydrogen) atoms. The van der Waals surface area contributed by atoms with Crippen molar-refractivity contribution in [2.45, 2.75) is 0 Å². The second-order valence-electron chi connectivity index (χ2n) is 5.66. The first-order valence-corrected chi connectivity index (χ1v) is 7.47. The second kappa shape index (κ2) is 7.91. The van der Waals surface area contributed by atoms with Gasteiger partial charge in [-0.2, -0.15) is 0 Å². The Balaban J connectivity index is 0.00000192. The number of hydrogen-bond donors (Lipinski definition) is 0. The van der Waals surface area contributed by atoms with Crippen molar-refractivity contribution in [2.24, 2.45) is 0 Å². The topological polar surface area (TPSA) is 20.3 Å². The Morgan fingerprint density at radius 2 is 1.17 bits per heavy atom. The van der Waals surface area contributed by atoms with Crippen molar-refractivity contribution in [1.29, 1.82) is 0 Å². The third-order valence-electron chi connectivity index (χ3n) is 3.74. The van der Waals surface area contributed by atoms with E-state index in [0.29, 0.717) is 13.1 Å². The number of piperidine rings is 1. The summed E-state index contributed by atoms with van der Waals surface area (Å²) in [5, 5.41) is 0. The maximum Gasteiger partial charge on any atom is 0.187 e. The number of halogens is 1. The molecule has 3 rings (SSSR count). The quantitative estimate of drug-likeness (QED) is 0.775. The lowest BCUT2D eigenvalue weighted by atomic mass is 9.94. The Bertz CT molecular complexity index is 658. The molecule has 2 aromatic carbocycles. The Morgan fingerprint density at radius 3 is 1.57 bits per heavy atom. The average Bonchev–Trinajstić information content (AvgIpc) is 2.54. The normalized spacial score (nSPS) is 18.9. The number of carbonyl (C=O) groups is 1. The number of likely N-dealkylation sites (tertiary alicyclic amines) is 1. The van der Waals surface area contributed by atoms with Crippen molar-refractivity contribution in [3.63, 3.8) is 0 Å². The molecule has 0 spiro atoms. The summed E-state index contributed by atoms with van der Waals surface area (Å²) in [6, 6.07) is 20.0. The molecule has 1 saturated heterocycles. The number of carbonyl (C=O) groups excluding carboxylic acids is 1. The number of ketones is 1. The minimum absolute atomic E-state index is 0. The summed E-state index contributed by atoms with van der Waals surface area (Å²) in [7, 11) is 2.05. The molecule has 0 aliphatic carbocycles. The van der Waals surface area contributed by atoms with E-state index in [0.717, 1.165) is 22.3 Å². The van der Waals surface area contributed by atoms with E-state index < -0.39 is 0 Å². The maximum absolute atomic E-state index is 12.7. The summed E-state index contributed by atoms with van der Waals surface area (Å²) in [5.74, 6) is 0.158. The molecule has 118 valence electrons. The first-order valence-electron chi connectivity index (χ1n) is 7.47. The van der Waals surface area contributed by atoms with Gasteiger partial charge in [0.2, 0.25) is 0 Å². The van der Waals surface area contributed by atoms with Gasteiger partial charge >= 0.3 is 0 Å². The van der Waals surface area contributed by atoms with Crippen molar-refractivity contribution in [3.05, 3.63) is 82.9 Å². The molecule has 1 heterocycles. The molecule has 0 N–H and O–H groups in total. The monoisotopic (exact) mass is 325 g/mol. The Hall–Kier alpha value is -2.16. The summed E-state index contributed by atoms with van der Waals surface area (Å²) in [6.07, 6.45) is 3.99. The summed E-state index contributed by atoms with van der Waals surface area (Å²) >= 11 is 0. The largest absolute Gasteiger partial charge is 0.298 e. The molecule has 1 aliphatic heterocycles. The van der Waals surface area contributed by atoms with Crippen LogP contribution in [0.4, 0.5) is 0 Å². The lowest BCUT2D eigenvalue weighted by molar-refractivity contribution is -0.113. The Kier molecular flexibility index (Phi) is 5.91. The summed E-state index contributed by atoms with van der Waals surface area (Å²) in [4.78, 5) is 14.9. The zero-order valence-corrected chi connectivity index (χ0v) is 13.9. The number of benzene rings is 2. The highest BCUT2D eigenvalue weighted by atomic mass is 35.5. The third-order valence-corrected chi connectivity index (χ3v) is 3.74. The zero-order chi connectivity index (χ0) is 15.4. The van der Waals surface area contributed by atoms with Gasteiger partial charge in [0.15, 0.2) is 5.78 Å². The van der Waals surface area contributed by atoms with Crippen LogP contribution in [0, 0.1) is 0 Å². The van der Waals surface area contributed by atoms with Crippen LogP contribution >= 0.6 is 12.4 Å². The number of nitrogens with zero attached hydrogens (tertiary/aromatic N) is 1. The highest BCUT2D eigenvalue weighted by Crippen LogP contribution is 2.21. The highest BCUT2D eigenvalue weighted by Gasteiger charge is 2.23. The van der Waals surface area contributed by atoms with Crippen LogP contribution in [0.1, 0.15) is 11.1 Å². The van der Waals surface area contributed by atoms with Gasteiger partial charge in [0.1, 0.15) is 0 Å². The third kappa shape index (κ3) is 4.41. The van der Waals surface area contributed by atoms with Gasteiger partial charge in [-0.05, 0) is 30.3 Å². The first-order chi connectivity index (χ1) is 10.7. The van der Waals surface area contributed by atoms with E-state index in [1.54, 1.807) is 0 Å². The fourth-order valence-corrected chi connectivity index (χ4v) is 2.71. The van der Waals surface area contributed by atoms with Crippen molar-refractivity contribution in [1.82, 2.24) is 4.90 Å². The molecule has 2 nitrogen and oxygen atoms in total. The molecule has 3 heteroatoms. The molecule has 2 aromatic rings. The standard InChI is InChI=1S/C20H19NO.ClH/c1-21-14-18(12-16-8-4-2-5-9-16)20(22)19(15-21)13-17-10-6-3-7-11-17;/h2-13H,14-15H2,1H3;1H. The fourth-order valence-electron chi connectivity index (χ4n) is 2.71. The van der Waals surface area contributed by atoms with Gasteiger partial charge in [-0.15, -0.1) is 12.4 Å². The lowest BCUT2D eigenvalue weighted by Gasteiger charge is -2.26. The molecular weight excluding hydrogens is 306 g/mol. The highest BCUT2D eigenvalue weighted by molar-refractivity contribution is 6.14. The number of rotatable bonds is 2. The van der Waals surface area contributed by atoms with Crippen molar-refractivity contribution in [2.75, 3.05) is 20.1 Å². The molecule has 0 amide bonds. The SMILES string of the molecule is CN1CC(=Cc2ccccc2)C(=O)C(=Cc2ccccc2)C1.Cl. The van der Waals surface area contributed by atoms with Crippen LogP contribution in [0.15, 0.2) is 71.8 Å². The van der Waals surface area contributed by atoms with Crippen LogP contribution in [0.2, 0.25) is 0 Å². The molecular formula is C20H20ClNO. The van der Waals surface area contributed by atoms with E-state index in [4.69, 9.17) is 0 Å². The maximum atomic E-state index is 12.7. The van der Waals surface area contributed by atoms with Gasteiger partial charge in [-0.3, -0.25) is 9.69 Å². The predicted octanol–water partition coefficient (Wildman–Crippen LogP) is 4.09. The molecule has 0 atom stereocenters. The van der Waals surface area contributed by atoms with Crippen LogP contribution in [-0.4, -0.2) is 30.8 Å². The minimum atomic E-state index is 0. The molecule has 0 radical (unpaired) electrons. The van der Waals surface area contributed by atoms with Gasteiger partial charge in [-0.25, -0.2) is 0 Å². The Morgan fingerprint density at radius 1 is 0.783 bits per heavy atom. The molecule has 0 bridgehead atoms. The molecule has 0 saturated carbocycles. The van der Waals surface area contributed by atoms with Gasteiger partial charge < -0.3 is 0 Å². The first kappa shape index (κ1) is 17.2. The van der Waals surface area contributed by atoms with Crippen LogP contribution in [0.25, 0.3) is 12.2 Å². The van der Waals surface area contributed by atoms with Crippen molar-refractivity contribution in [3.8, 4) is 0 Å². The van der Waals surface area contributed by atoms with Crippen LogP contribution in [0.3, 0.4) is 0 Å². The van der Waals surface area contributed by atoms with Crippen LogP contribution < -0.4 is 0 Å². The molecule has 0 aromatic heterocycles. The van der Waals surface area contributed by atoms with E-state index in [9.17, 15) is 4.79 Å². The molecule has 1 fully saturated rings. The zero-order valence-electron chi connectivity index (χ0n) is 13.1. The van der Waals surface area contributed by atoms with Gasteiger partial charge in [0.25, 0.3) is 0 Å². The van der Waals surface area contributed by atoms with Crippen molar-refractivity contribution < 1.29 is 4.79 Å². The number of likely N-dealkylation sites (N-methyl/N-ethyl adjacent to an activating group) is 1. The average molecular weight is 326 g/mol. The number of hydrogen-bond acceptors (Lipinski definition) is 2. The fraction of sp³-hybridized carbons (Fsp3) is 0.150. The van der Waals surface area contributed by atoms with Crippen LogP contribution in [0.5, 0.6) is 0 Å². The number of Topliss-reactive ketones (excluding diaryl/α,β-unsaturated/α-hetero) is 1. The predicted molar refractivity (Wildman–Crippen MR) is 98.6 cm³/mol. The molecule has 0 unspecified atom stereocenters. The lowest BCUT2D eigenvalue weighted by Crippen LogP contribution is -2.34. The Labute approximate surface area is 143 Å². The summed E-state index contributed by atoms with van der Waals surface area (Å²) in [5.41, 5.74) is 3.84. The van der Waals surface area contributed by atoms with Gasteiger partial charge in [0.05, 0.1) is 0 Å². The van der Waals surface area contributed by atoms with E-state index in [1.165, 1.54) is 0 Å². The van der Waals surface area contributed by atoms with Crippen LogP contribution in [-0.2, 0) is 4.79 Å². The van der Waals surface area contributed by atoms with E-state index in [1.807, 2.05) is 79.9 Å². The summed E-state index contributed by atoms with van der Waals surface area (Å²) in [6.45, 7) is 1.39. The van der Waals surface area contributed by atoms with E-state index >= 15 is 0 Å². The van der Waals surface area contributed by atoms with Gasteiger partial charge in [0, 0.05) is 24.2 Å². The smallest absolute Gasteiger partial charge is 0.187 e.